The molecule has 2 aliphatic carbocycles. The summed E-state index contributed by atoms with van der Waals surface area (Å²) < 4.78 is 7.81. The Morgan fingerprint density at radius 3 is 2.25 bits per heavy atom. The number of carboxylic acid groups (broad SMARTS) is 1. The highest BCUT2D eigenvalue weighted by Gasteiger charge is 2.30. The van der Waals surface area contributed by atoms with Crippen molar-refractivity contribution in [2.75, 3.05) is 6.61 Å². The number of carboxylic acids is 1. The fourth-order valence-electron chi connectivity index (χ4n) is 5.42. The number of rotatable bonds is 8. The molecule has 6 nitrogen and oxygen atoms in total. The number of para-hydroxylation sites is 1. The van der Waals surface area contributed by atoms with E-state index in [-0.39, 0.29) is 18.9 Å². The van der Waals surface area contributed by atoms with E-state index in [0.29, 0.717) is 5.92 Å². The number of hydrogen-bond acceptors (Lipinski definition) is 3. The predicted molar refractivity (Wildman–Crippen MR) is 138 cm³/mol. The van der Waals surface area contributed by atoms with Crippen molar-refractivity contribution in [3.05, 3.63) is 95.7 Å². The van der Waals surface area contributed by atoms with Gasteiger partial charge in [0.25, 0.3) is 0 Å². The second kappa shape index (κ2) is 9.19. The molecule has 36 heavy (non-hydrogen) atoms. The molecule has 2 aliphatic rings. The summed E-state index contributed by atoms with van der Waals surface area (Å²) in [4.78, 5) is 24.8. The molecule has 3 aromatic carbocycles. The number of aromatic nitrogens is 1. The van der Waals surface area contributed by atoms with Crippen molar-refractivity contribution in [2.24, 2.45) is 5.92 Å². The van der Waals surface area contributed by atoms with Crippen LogP contribution in [0.1, 0.15) is 35.4 Å². The first-order valence-electron chi connectivity index (χ1n) is 12.5. The number of aliphatic carboxylic acids is 1. The minimum atomic E-state index is -1.08. The maximum Gasteiger partial charge on any atom is 0.407 e. The lowest BCUT2D eigenvalue weighted by atomic mass is 9.98. The molecule has 6 heteroatoms. The van der Waals surface area contributed by atoms with Crippen LogP contribution in [0, 0.1) is 5.92 Å². The monoisotopic (exact) mass is 480 g/mol. The van der Waals surface area contributed by atoms with Crippen molar-refractivity contribution in [3.8, 4) is 11.1 Å². The average Bonchev–Trinajstić information content (AvgIpc) is 3.57. The van der Waals surface area contributed by atoms with Gasteiger partial charge in [0.05, 0.1) is 0 Å². The first-order chi connectivity index (χ1) is 17.6. The summed E-state index contributed by atoms with van der Waals surface area (Å²) in [6.45, 7) is 1.09. The normalized spacial score (nSPS) is 15.3. The van der Waals surface area contributed by atoms with E-state index in [9.17, 15) is 14.7 Å². The van der Waals surface area contributed by atoms with Crippen LogP contribution in [0.25, 0.3) is 22.0 Å². The molecule has 1 aromatic heterocycles. The lowest BCUT2D eigenvalue weighted by Gasteiger charge is -2.17. The molecule has 2 N–H and O–H groups in total. The lowest BCUT2D eigenvalue weighted by Crippen LogP contribution is -2.42. The van der Waals surface area contributed by atoms with Crippen LogP contribution in [0.2, 0.25) is 0 Å². The number of nitrogens with zero attached hydrogens (tertiary/aromatic N) is 1. The standard InChI is InChI=1S/C30H28N2O4/c33-29(34)27(15-20-17-32(16-19-13-14-19)28-12-6-5-7-21(20)28)31-30(35)36-18-26-24-10-3-1-8-22(24)23-9-2-4-11-25(23)26/h1-12,17,19,26-27H,13-16,18H2,(H,31,35)(H,33,34)/t27-/m0/s1. The maximum absolute atomic E-state index is 12.7. The van der Waals surface area contributed by atoms with Gasteiger partial charge in [-0.2, -0.15) is 0 Å². The van der Waals surface area contributed by atoms with Gasteiger partial charge < -0.3 is 19.7 Å². The number of nitrogens with one attached hydrogen (secondary N) is 1. The van der Waals surface area contributed by atoms with E-state index < -0.39 is 18.1 Å². The molecule has 4 aromatic rings. The molecule has 1 saturated carbocycles. The highest BCUT2D eigenvalue weighted by Crippen LogP contribution is 2.44. The third-order valence-corrected chi connectivity index (χ3v) is 7.38. The quantitative estimate of drug-likeness (QED) is 0.345. The van der Waals surface area contributed by atoms with Crippen LogP contribution in [0.4, 0.5) is 4.79 Å². The van der Waals surface area contributed by atoms with Gasteiger partial charge in [-0.05, 0) is 52.6 Å². The van der Waals surface area contributed by atoms with Gasteiger partial charge in [-0.3, -0.25) is 0 Å². The van der Waals surface area contributed by atoms with Crippen LogP contribution in [0.5, 0.6) is 0 Å². The molecule has 0 saturated heterocycles. The summed E-state index contributed by atoms with van der Waals surface area (Å²) >= 11 is 0. The Morgan fingerprint density at radius 1 is 0.944 bits per heavy atom. The molecule has 6 rings (SSSR count). The van der Waals surface area contributed by atoms with Crippen molar-refractivity contribution in [2.45, 2.75) is 37.8 Å². The second-order valence-corrected chi connectivity index (χ2v) is 9.83. The molecular formula is C30H28N2O4. The number of fused-ring (bicyclic) bond motifs is 4. The number of hydrogen-bond donors (Lipinski definition) is 2. The zero-order chi connectivity index (χ0) is 24.6. The number of ether oxygens (including phenoxy) is 1. The lowest BCUT2D eigenvalue weighted by molar-refractivity contribution is -0.139. The maximum atomic E-state index is 12.7. The van der Waals surface area contributed by atoms with Crippen LogP contribution in [0.15, 0.2) is 79.0 Å². The van der Waals surface area contributed by atoms with Gasteiger partial charge in [-0.15, -0.1) is 0 Å². The third-order valence-electron chi connectivity index (χ3n) is 7.38. The molecule has 1 amide bonds. The van der Waals surface area contributed by atoms with Gasteiger partial charge in [0, 0.05) is 36.0 Å². The zero-order valence-corrected chi connectivity index (χ0v) is 19.9. The molecule has 182 valence electrons. The summed E-state index contributed by atoms with van der Waals surface area (Å²) in [5.41, 5.74) is 6.54. The first kappa shape index (κ1) is 22.4. The van der Waals surface area contributed by atoms with Crippen molar-refractivity contribution in [3.63, 3.8) is 0 Å². The van der Waals surface area contributed by atoms with Gasteiger partial charge in [0.2, 0.25) is 0 Å². The highest BCUT2D eigenvalue weighted by molar-refractivity contribution is 5.86. The van der Waals surface area contributed by atoms with Crippen LogP contribution < -0.4 is 5.32 Å². The second-order valence-electron chi connectivity index (χ2n) is 9.83. The van der Waals surface area contributed by atoms with Gasteiger partial charge in [0.15, 0.2) is 0 Å². The minimum Gasteiger partial charge on any atom is -0.480 e. The molecular weight excluding hydrogens is 452 g/mol. The molecule has 0 radical (unpaired) electrons. The van der Waals surface area contributed by atoms with Crippen LogP contribution in [0.3, 0.4) is 0 Å². The molecule has 0 unspecified atom stereocenters. The van der Waals surface area contributed by atoms with Crippen LogP contribution in [-0.4, -0.2) is 34.4 Å². The number of benzene rings is 3. The van der Waals surface area contributed by atoms with E-state index in [0.717, 1.165) is 45.3 Å². The third kappa shape index (κ3) is 4.24. The minimum absolute atomic E-state index is 0.0770. The van der Waals surface area contributed by atoms with E-state index in [1.54, 1.807) is 0 Å². The largest absolute Gasteiger partial charge is 0.480 e. The van der Waals surface area contributed by atoms with Gasteiger partial charge in [-0.1, -0.05) is 66.7 Å². The van der Waals surface area contributed by atoms with Crippen molar-refractivity contribution in [1.82, 2.24) is 9.88 Å². The summed E-state index contributed by atoms with van der Waals surface area (Å²) in [5.74, 6) is -0.461. The first-order valence-corrected chi connectivity index (χ1v) is 12.5. The summed E-state index contributed by atoms with van der Waals surface area (Å²) in [6, 6.07) is 23.2. The summed E-state index contributed by atoms with van der Waals surface area (Å²) in [7, 11) is 0. The molecule has 0 bridgehead atoms. The van der Waals surface area contributed by atoms with E-state index in [1.165, 1.54) is 12.8 Å². The van der Waals surface area contributed by atoms with E-state index in [2.05, 4.69) is 40.2 Å². The van der Waals surface area contributed by atoms with E-state index in [4.69, 9.17) is 4.74 Å². The van der Waals surface area contributed by atoms with Crippen molar-refractivity contribution >= 4 is 23.0 Å². The predicted octanol–water partition coefficient (Wildman–Crippen LogP) is 5.59. The van der Waals surface area contributed by atoms with Gasteiger partial charge >= 0.3 is 12.1 Å². The SMILES string of the molecule is O=C(N[C@@H](Cc1cn(CC2CC2)c2ccccc12)C(=O)O)OCC1c2ccccc2-c2ccccc21. The molecule has 0 spiro atoms. The topological polar surface area (TPSA) is 80.6 Å². The molecule has 0 aliphatic heterocycles. The number of amides is 1. The summed E-state index contributed by atoms with van der Waals surface area (Å²) in [5, 5.41) is 13.5. The Labute approximate surface area is 209 Å². The number of carbonyl (C=O) groups excluding carboxylic acids is 1. The van der Waals surface area contributed by atoms with E-state index >= 15 is 0 Å². The Bertz CT molecular complexity index is 1410. The van der Waals surface area contributed by atoms with Crippen molar-refractivity contribution < 1.29 is 19.4 Å². The highest BCUT2D eigenvalue weighted by atomic mass is 16.5. The van der Waals surface area contributed by atoms with Crippen LogP contribution in [-0.2, 0) is 22.5 Å². The van der Waals surface area contributed by atoms with E-state index in [1.807, 2.05) is 48.7 Å². The number of alkyl carbamates (subject to hydrolysis) is 1. The van der Waals surface area contributed by atoms with Crippen LogP contribution >= 0.6 is 0 Å². The molecule has 1 atom stereocenters. The fraction of sp³-hybridized carbons (Fsp3) is 0.267. The van der Waals surface area contributed by atoms with Gasteiger partial charge in [0.1, 0.15) is 12.6 Å². The Balaban J connectivity index is 1.16. The average molecular weight is 481 g/mol. The fourth-order valence-corrected chi connectivity index (χ4v) is 5.42. The summed E-state index contributed by atoms with van der Waals surface area (Å²) in [6.07, 6.45) is 3.99. The number of carbonyl (C=O) groups is 2. The molecule has 1 heterocycles. The smallest absolute Gasteiger partial charge is 0.407 e. The Hall–Kier alpha value is -4.06. The van der Waals surface area contributed by atoms with Gasteiger partial charge in [-0.25, -0.2) is 9.59 Å². The zero-order valence-electron chi connectivity index (χ0n) is 19.9. The Kier molecular flexibility index (Phi) is 5.72. The molecule has 1 fully saturated rings. The van der Waals surface area contributed by atoms with Crippen molar-refractivity contribution in [1.29, 1.82) is 0 Å². The Morgan fingerprint density at radius 2 is 1.58 bits per heavy atom.